The van der Waals surface area contributed by atoms with Crippen LogP contribution in [-0.4, -0.2) is 39.3 Å². The summed E-state index contributed by atoms with van der Waals surface area (Å²) in [7, 11) is 0. The summed E-state index contributed by atoms with van der Waals surface area (Å²) < 4.78 is 19.7. The highest BCUT2D eigenvalue weighted by Gasteiger charge is 2.14. The molecular formula is C15H14FN5O2S. The maximum atomic E-state index is 12.8. The molecule has 0 aliphatic heterocycles. The van der Waals surface area contributed by atoms with Crippen LogP contribution in [0.4, 0.5) is 4.39 Å². The van der Waals surface area contributed by atoms with Crippen LogP contribution in [0.5, 0.6) is 5.75 Å². The van der Waals surface area contributed by atoms with E-state index in [1.165, 1.54) is 34.5 Å². The van der Waals surface area contributed by atoms with Gasteiger partial charge in [-0.3, -0.25) is 4.79 Å². The molecule has 0 saturated heterocycles. The lowest BCUT2D eigenvalue weighted by Crippen LogP contribution is -2.25. The zero-order valence-electron chi connectivity index (χ0n) is 12.6. The first-order chi connectivity index (χ1) is 11.7. The maximum Gasteiger partial charge on any atom is 0.263 e. The molecule has 1 aromatic carbocycles. The first kappa shape index (κ1) is 16.1. The van der Waals surface area contributed by atoms with Gasteiger partial charge < -0.3 is 10.1 Å². The molecule has 124 valence electrons. The number of halogens is 1. The molecule has 7 nitrogen and oxygen atoms in total. The summed E-state index contributed by atoms with van der Waals surface area (Å²) >= 11 is 1.32. The Labute approximate surface area is 141 Å². The molecular weight excluding hydrogens is 333 g/mol. The predicted octanol–water partition coefficient (Wildman–Crippen LogP) is 2.06. The fourth-order valence-corrected chi connectivity index (χ4v) is 2.79. The number of hydrogen-bond acceptors (Lipinski definition) is 6. The number of ether oxygens (including phenoxy) is 1. The Morgan fingerprint density at radius 3 is 2.88 bits per heavy atom. The maximum absolute atomic E-state index is 12.8. The molecule has 0 atom stereocenters. The molecule has 3 aromatic rings. The summed E-state index contributed by atoms with van der Waals surface area (Å²) in [6.45, 7) is 0.892. The molecule has 0 fully saturated rings. The van der Waals surface area contributed by atoms with Crippen molar-refractivity contribution in [1.29, 1.82) is 0 Å². The van der Waals surface area contributed by atoms with E-state index >= 15 is 0 Å². The van der Waals surface area contributed by atoms with Crippen LogP contribution < -0.4 is 10.1 Å². The average molecular weight is 347 g/mol. The van der Waals surface area contributed by atoms with Crippen LogP contribution >= 0.6 is 11.3 Å². The molecule has 24 heavy (non-hydrogen) atoms. The summed E-state index contributed by atoms with van der Waals surface area (Å²) in [6.07, 6.45) is 2.07. The molecule has 0 aliphatic rings. The number of hydrogen-bond donors (Lipinski definition) is 1. The number of tetrazole rings is 1. The van der Waals surface area contributed by atoms with E-state index in [4.69, 9.17) is 4.74 Å². The van der Waals surface area contributed by atoms with Gasteiger partial charge in [-0.2, -0.15) is 4.68 Å². The molecule has 0 radical (unpaired) electrons. The SMILES string of the molecule is O=C(NCCCOc1ccc(F)cc1)c1sccc1-n1cnnn1. The van der Waals surface area contributed by atoms with E-state index in [1.807, 2.05) is 5.38 Å². The standard InChI is InChI=1S/C15H14FN5O2S/c16-11-2-4-12(5-3-11)23-8-1-7-17-15(22)14-13(6-9-24-14)21-10-18-19-20-21/h2-6,9-10H,1,7-8H2,(H,17,22). The van der Waals surface area contributed by atoms with Gasteiger partial charge in [0, 0.05) is 6.54 Å². The molecule has 0 spiro atoms. The van der Waals surface area contributed by atoms with E-state index < -0.39 is 0 Å². The summed E-state index contributed by atoms with van der Waals surface area (Å²) in [5.41, 5.74) is 0.644. The summed E-state index contributed by atoms with van der Waals surface area (Å²) in [5, 5.41) is 15.6. The Morgan fingerprint density at radius 1 is 1.29 bits per heavy atom. The quantitative estimate of drug-likeness (QED) is 0.662. The van der Waals surface area contributed by atoms with E-state index in [1.54, 1.807) is 18.2 Å². The first-order valence-electron chi connectivity index (χ1n) is 7.21. The Balaban J connectivity index is 1.45. The number of thiophene rings is 1. The van der Waals surface area contributed by atoms with Gasteiger partial charge in [-0.1, -0.05) is 0 Å². The van der Waals surface area contributed by atoms with E-state index in [2.05, 4.69) is 20.8 Å². The molecule has 9 heteroatoms. The third-order valence-corrected chi connectivity index (χ3v) is 4.04. The van der Waals surface area contributed by atoms with Gasteiger partial charge in [-0.25, -0.2) is 4.39 Å². The molecule has 0 bridgehead atoms. The molecule has 1 amide bonds. The van der Waals surface area contributed by atoms with Gasteiger partial charge in [-0.05, 0) is 52.6 Å². The number of carbonyl (C=O) groups is 1. The minimum absolute atomic E-state index is 0.183. The van der Waals surface area contributed by atoms with Crippen molar-refractivity contribution in [2.45, 2.75) is 6.42 Å². The lowest BCUT2D eigenvalue weighted by Gasteiger charge is -2.07. The Morgan fingerprint density at radius 2 is 2.12 bits per heavy atom. The number of nitrogens with one attached hydrogen (secondary N) is 1. The van der Waals surface area contributed by atoms with Crippen molar-refractivity contribution in [3.05, 3.63) is 52.7 Å². The molecule has 1 N–H and O–H groups in total. The van der Waals surface area contributed by atoms with Crippen molar-refractivity contribution in [3.63, 3.8) is 0 Å². The largest absolute Gasteiger partial charge is 0.494 e. The van der Waals surface area contributed by atoms with Crippen molar-refractivity contribution in [1.82, 2.24) is 25.5 Å². The number of amides is 1. The Kier molecular flexibility index (Phi) is 5.12. The van der Waals surface area contributed by atoms with Crippen LogP contribution in [0, 0.1) is 5.82 Å². The molecule has 0 aliphatic carbocycles. The minimum Gasteiger partial charge on any atom is -0.494 e. The normalized spacial score (nSPS) is 10.5. The van der Waals surface area contributed by atoms with E-state index in [0.717, 1.165) is 0 Å². The van der Waals surface area contributed by atoms with Gasteiger partial charge in [0.2, 0.25) is 0 Å². The minimum atomic E-state index is -0.302. The number of aromatic nitrogens is 4. The molecule has 2 aromatic heterocycles. The second kappa shape index (κ2) is 7.64. The third-order valence-electron chi connectivity index (χ3n) is 3.14. The second-order valence-electron chi connectivity index (χ2n) is 4.80. The van der Waals surface area contributed by atoms with Gasteiger partial charge >= 0.3 is 0 Å². The van der Waals surface area contributed by atoms with Crippen molar-refractivity contribution in [2.24, 2.45) is 0 Å². The number of rotatable bonds is 7. The van der Waals surface area contributed by atoms with Crippen LogP contribution in [-0.2, 0) is 0 Å². The highest BCUT2D eigenvalue weighted by molar-refractivity contribution is 7.12. The number of nitrogens with zero attached hydrogens (tertiary/aromatic N) is 4. The van der Waals surface area contributed by atoms with Crippen molar-refractivity contribution in [3.8, 4) is 11.4 Å². The Bertz CT molecular complexity index is 789. The van der Waals surface area contributed by atoms with E-state index in [9.17, 15) is 9.18 Å². The monoisotopic (exact) mass is 347 g/mol. The van der Waals surface area contributed by atoms with Crippen LogP contribution in [0.25, 0.3) is 5.69 Å². The van der Waals surface area contributed by atoms with Gasteiger partial charge in [0.1, 0.15) is 22.8 Å². The summed E-state index contributed by atoms with van der Waals surface area (Å²) in [5.74, 6) is 0.114. The first-order valence-corrected chi connectivity index (χ1v) is 8.09. The lowest BCUT2D eigenvalue weighted by atomic mass is 10.3. The lowest BCUT2D eigenvalue weighted by molar-refractivity contribution is 0.0955. The second-order valence-corrected chi connectivity index (χ2v) is 5.72. The smallest absolute Gasteiger partial charge is 0.263 e. The number of carbonyl (C=O) groups excluding carboxylic acids is 1. The fraction of sp³-hybridized carbons (Fsp3) is 0.200. The number of benzene rings is 1. The van der Waals surface area contributed by atoms with Gasteiger partial charge in [0.05, 0.1) is 12.3 Å². The van der Waals surface area contributed by atoms with Crippen molar-refractivity contribution >= 4 is 17.2 Å². The average Bonchev–Trinajstić information content (AvgIpc) is 3.27. The highest BCUT2D eigenvalue weighted by atomic mass is 32.1. The van der Waals surface area contributed by atoms with Crippen LogP contribution in [0.1, 0.15) is 16.1 Å². The van der Waals surface area contributed by atoms with Crippen LogP contribution in [0.2, 0.25) is 0 Å². The van der Waals surface area contributed by atoms with Crippen molar-refractivity contribution < 1.29 is 13.9 Å². The van der Waals surface area contributed by atoms with E-state index in [-0.39, 0.29) is 11.7 Å². The topological polar surface area (TPSA) is 81.9 Å². The van der Waals surface area contributed by atoms with Gasteiger partial charge in [0.25, 0.3) is 5.91 Å². The van der Waals surface area contributed by atoms with Crippen molar-refractivity contribution in [2.75, 3.05) is 13.2 Å². The summed E-state index contributed by atoms with van der Waals surface area (Å²) in [4.78, 5) is 12.8. The Hall–Kier alpha value is -2.81. The van der Waals surface area contributed by atoms with Crippen LogP contribution in [0.15, 0.2) is 42.0 Å². The van der Waals surface area contributed by atoms with Gasteiger partial charge in [-0.15, -0.1) is 16.4 Å². The van der Waals surface area contributed by atoms with Gasteiger partial charge in [0.15, 0.2) is 0 Å². The predicted molar refractivity (Wildman–Crippen MR) is 85.9 cm³/mol. The van der Waals surface area contributed by atoms with Crippen LogP contribution in [0.3, 0.4) is 0 Å². The molecule has 2 heterocycles. The zero-order valence-corrected chi connectivity index (χ0v) is 13.4. The summed E-state index contributed by atoms with van der Waals surface area (Å²) in [6, 6.07) is 7.60. The van der Waals surface area contributed by atoms with E-state index in [0.29, 0.717) is 35.9 Å². The fourth-order valence-electron chi connectivity index (χ4n) is 2.00. The molecule has 3 rings (SSSR count). The molecule has 0 unspecified atom stereocenters. The molecule has 0 saturated carbocycles. The third kappa shape index (κ3) is 3.93. The zero-order chi connectivity index (χ0) is 16.8. The highest BCUT2D eigenvalue weighted by Crippen LogP contribution is 2.19.